The van der Waals surface area contributed by atoms with E-state index in [2.05, 4.69) is 12.2 Å². The largest absolute Gasteiger partial charge is 0.325 e. The van der Waals surface area contributed by atoms with Gasteiger partial charge in [-0.15, -0.1) is 0 Å². The molecule has 0 unspecified atom stereocenters. The molecule has 2 N–H and O–H groups in total. The second-order valence-electron chi connectivity index (χ2n) is 6.95. The Morgan fingerprint density at radius 2 is 1.74 bits per heavy atom. The number of nitrogens with zero attached hydrogens (tertiary/aromatic N) is 1. The van der Waals surface area contributed by atoms with Crippen LogP contribution in [0.25, 0.3) is 0 Å². The van der Waals surface area contributed by atoms with Crippen molar-refractivity contribution >= 4 is 5.69 Å². The Labute approximate surface area is 137 Å². The number of hydrogen-bond acceptors (Lipinski definition) is 2. The lowest BCUT2D eigenvalue weighted by Gasteiger charge is -2.32. The summed E-state index contributed by atoms with van der Waals surface area (Å²) < 4.78 is 0. The molecule has 1 heterocycles. The van der Waals surface area contributed by atoms with E-state index in [1.165, 1.54) is 57.5 Å². The molecule has 124 valence electrons. The normalized spacial score (nSPS) is 27.7. The predicted octanol–water partition coefficient (Wildman–Crippen LogP) is 0.235. The number of allylic oxidation sites excluding steroid dienone is 2. The molecule has 1 fully saturated rings. The summed E-state index contributed by atoms with van der Waals surface area (Å²) in [7, 11) is 0. The Balaban J connectivity index is 1.43. The SMILES string of the molecule is O=[N+]([O-])c1ccc(C[NH+]2CC[NH+](C[C@@H]3CC=CCC3)CC2)cc1. The molecular weight excluding hydrogens is 290 g/mol. The summed E-state index contributed by atoms with van der Waals surface area (Å²) in [6.45, 7) is 7.22. The van der Waals surface area contributed by atoms with Gasteiger partial charge in [-0.25, -0.2) is 0 Å². The average Bonchev–Trinajstić information content (AvgIpc) is 2.58. The van der Waals surface area contributed by atoms with Gasteiger partial charge in [0, 0.05) is 23.6 Å². The van der Waals surface area contributed by atoms with Crippen molar-refractivity contribution in [2.24, 2.45) is 5.92 Å². The Hall–Kier alpha value is -1.72. The molecule has 0 saturated carbocycles. The van der Waals surface area contributed by atoms with Crippen LogP contribution in [-0.4, -0.2) is 37.6 Å². The van der Waals surface area contributed by atoms with Gasteiger partial charge in [-0.3, -0.25) is 10.1 Å². The lowest BCUT2D eigenvalue weighted by atomic mass is 9.94. The first-order valence-corrected chi connectivity index (χ1v) is 8.76. The number of nitro groups is 1. The van der Waals surface area contributed by atoms with Gasteiger partial charge < -0.3 is 9.80 Å². The first-order valence-electron chi connectivity index (χ1n) is 8.76. The molecule has 0 radical (unpaired) electrons. The van der Waals surface area contributed by atoms with Crippen molar-refractivity contribution < 1.29 is 14.7 Å². The molecule has 1 aromatic rings. The monoisotopic (exact) mass is 317 g/mol. The molecule has 1 saturated heterocycles. The van der Waals surface area contributed by atoms with Crippen molar-refractivity contribution in [3.05, 3.63) is 52.1 Å². The number of nitro benzene ring substituents is 1. The van der Waals surface area contributed by atoms with Gasteiger partial charge in [0.25, 0.3) is 5.69 Å². The third kappa shape index (κ3) is 4.62. The van der Waals surface area contributed by atoms with Gasteiger partial charge in [-0.1, -0.05) is 12.2 Å². The molecule has 1 aromatic carbocycles. The fourth-order valence-electron chi connectivity index (χ4n) is 3.81. The number of piperazine rings is 1. The minimum absolute atomic E-state index is 0.180. The Morgan fingerprint density at radius 3 is 2.35 bits per heavy atom. The highest BCUT2D eigenvalue weighted by molar-refractivity contribution is 5.32. The molecule has 0 bridgehead atoms. The van der Waals surface area contributed by atoms with E-state index in [-0.39, 0.29) is 10.6 Å². The van der Waals surface area contributed by atoms with E-state index in [0.717, 1.165) is 12.5 Å². The van der Waals surface area contributed by atoms with Gasteiger partial charge in [0.2, 0.25) is 0 Å². The quantitative estimate of drug-likeness (QED) is 0.464. The van der Waals surface area contributed by atoms with Crippen LogP contribution in [0.15, 0.2) is 36.4 Å². The zero-order valence-corrected chi connectivity index (χ0v) is 13.7. The van der Waals surface area contributed by atoms with E-state index in [1.54, 1.807) is 21.9 Å². The number of non-ortho nitro benzene ring substituents is 1. The zero-order valence-electron chi connectivity index (χ0n) is 13.7. The van der Waals surface area contributed by atoms with Crippen molar-refractivity contribution in [1.82, 2.24) is 0 Å². The summed E-state index contributed by atoms with van der Waals surface area (Å²) >= 11 is 0. The second kappa shape index (κ2) is 7.70. The van der Waals surface area contributed by atoms with E-state index in [4.69, 9.17) is 0 Å². The van der Waals surface area contributed by atoms with Crippen LogP contribution in [0, 0.1) is 16.0 Å². The molecule has 0 aromatic heterocycles. The standard InChI is InChI=1S/C18H25N3O2/c22-21(23)18-8-6-17(7-9-18)15-20-12-10-19(11-13-20)14-16-4-2-1-3-5-16/h1-2,6-9,16H,3-5,10-15H2/p+2/t16-/m1/s1. The molecule has 23 heavy (non-hydrogen) atoms. The lowest BCUT2D eigenvalue weighted by Crippen LogP contribution is -3.27. The third-order valence-electron chi connectivity index (χ3n) is 5.22. The van der Waals surface area contributed by atoms with Crippen molar-refractivity contribution in [1.29, 1.82) is 0 Å². The van der Waals surface area contributed by atoms with Crippen molar-refractivity contribution in [2.75, 3.05) is 32.7 Å². The van der Waals surface area contributed by atoms with E-state index in [1.807, 2.05) is 12.1 Å². The van der Waals surface area contributed by atoms with Gasteiger partial charge in [0.1, 0.15) is 32.7 Å². The summed E-state index contributed by atoms with van der Waals surface area (Å²) in [5.41, 5.74) is 1.38. The van der Waals surface area contributed by atoms with Crippen LogP contribution in [0.5, 0.6) is 0 Å². The Morgan fingerprint density at radius 1 is 1.04 bits per heavy atom. The number of nitrogens with one attached hydrogen (secondary N) is 2. The summed E-state index contributed by atoms with van der Waals surface area (Å²) in [6.07, 6.45) is 8.56. The Bertz CT molecular complexity index is 548. The number of rotatable bonds is 5. The van der Waals surface area contributed by atoms with Crippen LogP contribution >= 0.6 is 0 Å². The summed E-state index contributed by atoms with van der Waals surface area (Å²) in [5, 5.41) is 10.7. The van der Waals surface area contributed by atoms with Gasteiger partial charge in [-0.05, 0) is 31.4 Å². The van der Waals surface area contributed by atoms with Crippen LogP contribution in [-0.2, 0) is 6.54 Å². The molecule has 0 spiro atoms. The first kappa shape index (κ1) is 16.1. The van der Waals surface area contributed by atoms with Gasteiger partial charge >= 0.3 is 0 Å². The topological polar surface area (TPSA) is 52.0 Å². The first-order chi connectivity index (χ1) is 11.2. The fourth-order valence-corrected chi connectivity index (χ4v) is 3.81. The molecule has 0 amide bonds. The van der Waals surface area contributed by atoms with E-state index < -0.39 is 0 Å². The number of hydrogen-bond donors (Lipinski definition) is 2. The van der Waals surface area contributed by atoms with Crippen LogP contribution in [0.4, 0.5) is 5.69 Å². The molecule has 1 aliphatic carbocycles. The molecule has 5 nitrogen and oxygen atoms in total. The van der Waals surface area contributed by atoms with Crippen molar-refractivity contribution in [3.63, 3.8) is 0 Å². The summed E-state index contributed by atoms with van der Waals surface area (Å²) in [6, 6.07) is 7.04. The van der Waals surface area contributed by atoms with Crippen LogP contribution in [0.2, 0.25) is 0 Å². The highest BCUT2D eigenvalue weighted by Gasteiger charge is 2.25. The highest BCUT2D eigenvalue weighted by Crippen LogP contribution is 2.16. The maximum atomic E-state index is 10.7. The number of quaternary nitrogens is 2. The average molecular weight is 317 g/mol. The molecule has 3 rings (SSSR count). The van der Waals surface area contributed by atoms with Crippen molar-refractivity contribution in [2.45, 2.75) is 25.8 Å². The van der Waals surface area contributed by atoms with Crippen LogP contribution in [0.1, 0.15) is 24.8 Å². The smallest absolute Gasteiger partial charge is 0.269 e. The minimum Gasteiger partial charge on any atom is -0.325 e. The fraction of sp³-hybridized carbons (Fsp3) is 0.556. The highest BCUT2D eigenvalue weighted by atomic mass is 16.6. The van der Waals surface area contributed by atoms with E-state index in [0.29, 0.717) is 0 Å². The molecular formula is C18H27N3O2+2. The van der Waals surface area contributed by atoms with Crippen LogP contribution < -0.4 is 9.80 Å². The summed E-state index contributed by atoms with van der Waals surface area (Å²) in [5.74, 6) is 0.881. The van der Waals surface area contributed by atoms with Gasteiger partial charge in [0.15, 0.2) is 0 Å². The lowest BCUT2D eigenvalue weighted by molar-refractivity contribution is -1.02. The molecule has 2 aliphatic rings. The molecule has 1 atom stereocenters. The third-order valence-corrected chi connectivity index (χ3v) is 5.22. The van der Waals surface area contributed by atoms with Gasteiger partial charge in [-0.2, -0.15) is 0 Å². The Kier molecular flexibility index (Phi) is 5.41. The predicted molar refractivity (Wildman–Crippen MR) is 89.5 cm³/mol. The minimum atomic E-state index is -0.334. The van der Waals surface area contributed by atoms with Crippen molar-refractivity contribution in [3.8, 4) is 0 Å². The molecule has 1 aliphatic heterocycles. The van der Waals surface area contributed by atoms with E-state index in [9.17, 15) is 10.1 Å². The van der Waals surface area contributed by atoms with E-state index >= 15 is 0 Å². The second-order valence-corrected chi connectivity index (χ2v) is 6.95. The molecule has 5 heteroatoms. The van der Waals surface area contributed by atoms with Crippen LogP contribution in [0.3, 0.4) is 0 Å². The zero-order chi connectivity index (χ0) is 16.1. The summed E-state index contributed by atoms with van der Waals surface area (Å²) in [4.78, 5) is 13.7. The maximum absolute atomic E-state index is 10.7. The number of benzene rings is 1. The van der Waals surface area contributed by atoms with Gasteiger partial charge in [0.05, 0.1) is 11.5 Å². The maximum Gasteiger partial charge on any atom is 0.269 e.